The van der Waals surface area contributed by atoms with Gasteiger partial charge in [0.25, 0.3) is 5.91 Å². The van der Waals surface area contributed by atoms with E-state index in [0.717, 1.165) is 42.7 Å². The van der Waals surface area contributed by atoms with Crippen LogP contribution in [-0.4, -0.2) is 28.6 Å². The average Bonchev–Trinajstić information content (AvgIpc) is 2.78. The van der Waals surface area contributed by atoms with Crippen molar-refractivity contribution in [2.45, 2.75) is 115 Å². The molecule has 0 saturated heterocycles. The van der Waals surface area contributed by atoms with E-state index < -0.39 is 16.6 Å². The zero-order chi connectivity index (χ0) is 27.6. The SMILES string of the molecule is CC(C)(C)[Si](C)(C)Oc1ccc(C2CCC(NC(=O)c3ccccc3)CC2)c(O[Si](C)(C)C(C)(C)C)c1. The number of hydrogen-bond acceptors (Lipinski definition) is 3. The summed E-state index contributed by atoms with van der Waals surface area (Å²) in [5.74, 6) is 2.37. The van der Waals surface area contributed by atoms with E-state index in [-0.39, 0.29) is 22.0 Å². The van der Waals surface area contributed by atoms with Crippen molar-refractivity contribution in [3.8, 4) is 11.5 Å². The lowest BCUT2D eigenvalue weighted by Gasteiger charge is -2.39. The van der Waals surface area contributed by atoms with Crippen molar-refractivity contribution < 1.29 is 13.6 Å². The van der Waals surface area contributed by atoms with Crippen molar-refractivity contribution in [2.75, 3.05) is 0 Å². The summed E-state index contributed by atoms with van der Waals surface area (Å²) in [7, 11) is -3.99. The molecule has 6 heteroatoms. The molecule has 1 aliphatic rings. The lowest BCUT2D eigenvalue weighted by atomic mass is 9.81. The molecule has 1 saturated carbocycles. The summed E-state index contributed by atoms with van der Waals surface area (Å²) < 4.78 is 13.6. The van der Waals surface area contributed by atoms with E-state index in [0.29, 0.717) is 5.92 Å². The van der Waals surface area contributed by atoms with Gasteiger partial charge in [0.15, 0.2) is 0 Å². The molecule has 4 nitrogen and oxygen atoms in total. The Morgan fingerprint density at radius 1 is 0.784 bits per heavy atom. The van der Waals surface area contributed by atoms with E-state index in [2.05, 4.69) is 91.2 Å². The van der Waals surface area contributed by atoms with Gasteiger partial charge in [0.2, 0.25) is 16.6 Å². The minimum Gasteiger partial charge on any atom is -0.543 e. The van der Waals surface area contributed by atoms with Crippen molar-refractivity contribution in [3.63, 3.8) is 0 Å². The molecule has 0 aromatic heterocycles. The zero-order valence-electron chi connectivity index (χ0n) is 24.8. The van der Waals surface area contributed by atoms with Crippen LogP contribution in [0, 0.1) is 0 Å². The van der Waals surface area contributed by atoms with Crippen LogP contribution in [0.5, 0.6) is 11.5 Å². The number of amides is 1. The van der Waals surface area contributed by atoms with E-state index in [1.165, 1.54) is 5.56 Å². The normalized spacial score (nSPS) is 19.3. The zero-order valence-corrected chi connectivity index (χ0v) is 26.8. The average molecular weight is 540 g/mol. The van der Waals surface area contributed by atoms with Crippen molar-refractivity contribution in [3.05, 3.63) is 59.7 Å². The molecule has 1 amide bonds. The maximum atomic E-state index is 12.7. The minimum absolute atomic E-state index is 0.0260. The Kier molecular flexibility index (Phi) is 8.75. The smallest absolute Gasteiger partial charge is 0.251 e. The van der Waals surface area contributed by atoms with Crippen LogP contribution in [-0.2, 0) is 0 Å². The first-order valence-electron chi connectivity index (χ1n) is 13.9. The maximum absolute atomic E-state index is 12.7. The van der Waals surface area contributed by atoms with Gasteiger partial charge in [-0.25, -0.2) is 0 Å². The minimum atomic E-state index is -2.03. The Bertz CT molecular complexity index is 1060. The summed E-state index contributed by atoms with van der Waals surface area (Å²) in [4.78, 5) is 12.7. The maximum Gasteiger partial charge on any atom is 0.251 e. The molecule has 0 unspecified atom stereocenters. The quantitative estimate of drug-likeness (QED) is 0.357. The van der Waals surface area contributed by atoms with Crippen LogP contribution in [0.1, 0.15) is 89.1 Å². The molecule has 1 fully saturated rings. The summed E-state index contributed by atoms with van der Waals surface area (Å²) in [6.45, 7) is 22.9. The van der Waals surface area contributed by atoms with Crippen LogP contribution < -0.4 is 14.2 Å². The van der Waals surface area contributed by atoms with Crippen molar-refractivity contribution >= 4 is 22.5 Å². The second-order valence-electron chi connectivity index (χ2n) is 13.8. The predicted octanol–water partition coefficient (Wildman–Crippen LogP) is 8.91. The highest BCUT2D eigenvalue weighted by Crippen LogP contribution is 2.45. The molecule has 204 valence electrons. The number of rotatable bonds is 7. The van der Waals surface area contributed by atoms with Gasteiger partial charge in [-0.3, -0.25) is 4.79 Å². The van der Waals surface area contributed by atoms with Gasteiger partial charge >= 0.3 is 0 Å². The lowest BCUT2D eigenvalue weighted by Crippen LogP contribution is -2.44. The van der Waals surface area contributed by atoms with Crippen molar-refractivity contribution in [2.24, 2.45) is 0 Å². The van der Waals surface area contributed by atoms with Gasteiger partial charge < -0.3 is 14.2 Å². The standard InChI is InChI=1S/C31H49NO3Si2/c1-30(2,3)36(7,8)34-26-20-21-27(28(22-26)35-37(9,10)31(4,5)6)23-16-18-25(19-17-23)32-29(33)24-14-12-11-13-15-24/h11-15,20-23,25H,16-19H2,1-10H3,(H,32,33). The van der Waals surface area contributed by atoms with E-state index in [9.17, 15) is 4.79 Å². The highest BCUT2D eigenvalue weighted by molar-refractivity contribution is 6.75. The summed E-state index contributed by atoms with van der Waals surface area (Å²) in [6, 6.07) is 16.3. The molecule has 0 heterocycles. The van der Waals surface area contributed by atoms with Crippen LogP contribution in [0.25, 0.3) is 0 Å². The third kappa shape index (κ3) is 7.29. The Morgan fingerprint density at radius 2 is 1.32 bits per heavy atom. The van der Waals surface area contributed by atoms with E-state index >= 15 is 0 Å². The summed E-state index contributed by atoms with van der Waals surface area (Å²) >= 11 is 0. The molecular weight excluding hydrogens is 491 g/mol. The number of hydrogen-bond donors (Lipinski definition) is 1. The van der Waals surface area contributed by atoms with Gasteiger partial charge in [-0.2, -0.15) is 0 Å². The number of benzene rings is 2. The third-order valence-electron chi connectivity index (χ3n) is 8.87. The van der Waals surface area contributed by atoms with Crippen molar-refractivity contribution in [1.29, 1.82) is 0 Å². The molecule has 3 rings (SSSR count). The molecule has 2 aromatic rings. The first kappa shape index (κ1) is 29.5. The fraction of sp³-hybridized carbons (Fsp3) is 0.581. The molecule has 0 spiro atoms. The monoisotopic (exact) mass is 539 g/mol. The Labute approximate surface area is 227 Å². The topological polar surface area (TPSA) is 47.6 Å². The predicted molar refractivity (Wildman–Crippen MR) is 161 cm³/mol. The van der Waals surface area contributed by atoms with Crippen LogP contribution >= 0.6 is 0 Å². The van der Waals surface area contributed by atoms with E-state index in [1.807, 2.05) is 30.3 Å². The van der Waals surface area contributed by atoms with Crippen LogP contribution in [0.15, 0.2) is 48.5 Å². The highest BCUT2D eigenvalue weighted by Gasteiger charge is 2.41. The Hall–Kier alpha value is -2.06. The summed E-state index contributed by atoms with van der Waals surface area (Å²) in [5, 5.41) is 3.49. The fourth-order valence-electron chi connectivity index (χ4n) is 4.29. The number of carbonyl (C=O) groups excluding carboxylic acids is 1. The van der Waals surface area contributed by atoms with E-state index in [4.69, 9.17) is 8.85 Å². The summed E-state index contributed by atoms with van der Waals surface area (Å²) in [6.07, 6.45) is 4.03. The molecule has 0 atom stereocenters. The first-order valence-corrected chi connectivity index (χ1v) is 19.7. The number of carbonyl (C=O) groups is 1. The molecule has 0 aliphatic heterocycles. The van der Waals surface area contributed by atoms with Gasteiger partial charge in [-0.05, 0) is 91.6 Å². The second kappa shape index (κ2) is 11.0. The van der Waals surface area contributed by atoms with Crippen LogP contribution in [0.2, 0.25) is 36.3 Å². The fourth-order valence-corrected chi connectivity index (χ4v) is 6.34. The lowest BCUT2D eigenvalue weighted by molar-refractivity contribution is 0.0925. The van der Waals surface area contributed by atoms with Gasteiger partial charge in [0.05, 0.1) is 0 Å². The van der Waals surface area contributed by atoms with E-state index in [1.54, 1.807) is 0 Å². The Balaban J connectivity index is 1.80. The molecule has 2 aromatic carbocycles. The van der Waals surface area contributed by atoms with Gasteiger partial charge in [-0.1, -0.05) is 65.8 Å². The van der Waals surface area contributed by atoms with Gasteiger partial charge in [0.1, 0.15) is 11.5 Å². The molecule has 1 aliphatic carbocycles. The molecule has 0 bridgehead atoms. The Morgan fingerprint density at radius 3 is 1.86 bits per heavy atom. The summed E-state index contributed by atoms with van der Waals surface area (Å²) in [5.41, 5.74) is 2.02. The molecular formula is C31H49NO3Si2. The van der Waals surface area contributed by atoms with Crippen LogP contribution in [0.4, 0.5) is 0 Å². The third-order valence-corrected chi connectivity index (χ3v) is 17.6. The van der Waals surface area contributed by atoms with Gasteiger partial charge in [0, 0.05) is 17.7 Å². The second-order valence-corrected chi connectivity index (χ2v) is 23.3. The van der Waals surface area contributed by atoms with Gasteiger partial charge in [-0.15, -0.1) is 0 Å². The largest absolute Gasteiger partial charge is 0.543 e. The van der Waals surface area contributed by atoms with Crippen LogP contribution in [0.3, 0.4) is 0 Å². The first-order chi connectivity index (χ1) is 17.0. The molecule has 37 heavy (non-hydrogen) atoms. The van der Waals surface area contributed by atoms with Crippen molar-refractivity contribution in [1.82, 2.24) is 5.32 Å². The highest BCUT2D eigenvalue weighted by atomic mass is 28.4. The molecule has 0 radical (unpaired) electrons. The molecule has 1 N–H and O–H groups in total. The number of nitrogens with one attached hydrogen (secondary N) is 1.